The standard InChI is InChI=1S/C15H14Br2N2O/c1-9-3-4-10(7-12(9)17)15(20)19(2)14-6-5-11(16)8-13(14)18/h3-8H,18H2,1-2H3. The van der Waals surface area contributed by atoms with Crippen molar-refractivity contribution in [2.45, 2.75) is 6.92 Å². The molecule has 2 aromatic rings. The Hall–Kier alpha value is -1.33. The lowest BCUT2D eigenvalue weighted by Gasteiger charge is -2.19. The zero-order valence-electron chi connectivity index (χ0n) is 11.2. The van der Waals surface area contributed by atoms with Gasteiger partial charge in [-0.2, -0.15) is 0 Å². The SMILES string of the molecule is Cc1ccc(C(=O)N(C)c2ccc(Br)cc2N)cc1Br. The summed E-state index contributed by atoms with van der Waals surface area (Å²) >= 11 is 6.80. The number of rotatable bonds is 2. The van der Waals surface area contributed by atoms with Gasteiger partial charge in [0.25, 0.3) is 5.91 Å². The highest BCUT2D eigenvalue weighted by Crippen LogP contribution is 2.27. The normalized spacial score (nSPS) is 10.4. The molecule has 5 heteroatoms. The lowest BCUT2D eigenvalue weighted by Crippen LogP contribution is -2.27. The number of hydrogen-bond donors (Lipinski definition) is 1. The number of aryl methyl sites for hydroxylation is 1. The van der Waals surface area contributed by atoms with Gasteiger partial charge in [0, 0.05) is 21.6 Å². The molecule has 0 bridgehead atoms. The van der Waals surface area contributed by atoms with Crippen LogP contribution in [0.5, 0.6) is 0 Å². The Morgan fingerprint density at radius 3 is 2.45 bits per heavy atom. The van der Waals surface area contributed by atoms with E-state index in [9.17, 15) is 4.79 Å². The summed E-state index contributed by atoms with van der Waals surface area (Å²) in [5, 5.41) is 0. The highest BCUT2D eigenvalue weighted by molar-refractivity contribution is 9.10. The van der Waals surface area contributed by atoms with E-state index in [1.54, 1.807) is 18.0 Å². The van der Waals surface area contributed by atoms with Crippen LogP contribution in [0.2, 0.25) is 0 Å². The Morgan fingerprint density at radius 1 is 1.15 bits per heavy atom. The van der Waals surface area contributed by atoms with E-state index in [1.165, 1.54) is 0 Å². The molecule has 2 rings (SSSR count). The van der Waals surface area contributed by atoms with Crippen molar-refractivity contribution in [1.82, 2.24) is 0 Å². The van der Waals surface area contributed by atoms with Gasteiger partial charge in [-0.3, -0.25) is 4.79 Å². The highest BCUT2D eigenvalue weighted by Gasteiger charge is 2.16. The summed E-state index contributed by atoms with van der Waals surface area (Å²) in [4.78, 5) is 14.0. The van der Waals surface area contributed by atoms with E-state index in [2.05, 4.69) is 31.9 Å². The molecule has 1 amide bonds. The fraction of sp³-hybridized carbons (Fsp3) is 0.133. The molecule has 0 aromatic heterocycles. The number of nitrogen functional groups attached to an aromatic ring is 1. The van der Waals surface area contributed by atoms with Gasteiger partial charge < -0.3 is 10.6 Å². The molecule has 0 unspecified atom stereocenters. The number of carbonyl (C=O) groups excluding carboxylic acids is 1. The van der Waals surface area contributed by atoms with Crippen LogP contribution in [0.15, 0.2) is 45.3 Å². The number of carbonyl (C=O) groups is 1. The third-order valence-electron chi connectivity index (χ3n) is 3.07. The van der Waals surface area contributed by atoms with Gasteiger partial charge >= 0.3 is 0 Å². The molecule has 0 heterocycles. The van der Waals surface area contributed by atoms with Gasteiger partial charge in [-0.25, -0.2) is 0 Å². The van der Waals surface area contributed by atoms with E-state index < -0.39 is 0 Å². The molecule has 0 aliphatic carbocycles. The number of hydrogen-bond acceptors (Lipinski definition) is 2. The van der Waals surface area contributed by atoms with Crippen molar-refractivity contribution in [3.8, 4) is 0 Å². The van der Waals surface area contributed by atoms with E-state index in [0.29, 0.717) is 16.9 Å². The second kappa shape index (κ2) is 5.97. The highest BCUT2D eigenvalue weighted by atomic mass is 79.9. The molecule has 2 N–H and O–H groups in total. The molecule has 2 aromatic carbocycles. The minimum atomic E-state index is -0.0975. The van der Waals surface area contributed by atoms with Crippen LogP contribution in [0.3, 0.4) is 0 Å². The molecule has 0 aliphatic rings. The summed E-state index contributed by atoms with van der Waals surface area (Å²) < 4.78 is 1.80. The first-order valence-electron chi connectivity index (χ1n) is 5.99. The fourth-order valence-electron chi connectivity index (χ4n) is 1.86. The minimum Gasteiger partial charge on any atom is -0.397 e. The quantitative estimate of drug-likeness (QED) is 0.764. The number of nitrogens with zero attached hydrogens (tertiary/aromatic N) is 1. The Balaban J connectivity index is 2.34. The second-order valence-electron chi connectivity index (χ2n) is 4.53. The van der Waals surface area contributed by atoms with E-state index in [1.807, 2.05) is 37.3 Å². The predicted molar refractivity (Wildman–Crippen MR) is 90.2 cm³/mol. The van der Waals surface area contributed by atoms with E-state index in [4.69, 9.17) is 5.73 Å². The van der Waals surface area contributed by atoms with Gasteiger partial charge in [0.1, 0.15) is 0 Å². The van der Waals surface area contributed by atoms with Crippen molar-refractivity contribution < 1.29 is 4.79 Å². The van der Waals surface area contributed by atoms with Gasteiger partial charge in [-0.05, 0) is 42.8 Å². The molecule has 0 radical (unpaired) electrons. The van der Waals surface area contributed by atoms with Crippen LogP contribution in [0.1, 0.15) is 15.9 Å². The van der Waals surface area contributed by atoms with Crippen molar-refractivity contribution >= 4 is 49.1 Å². The molecular formula is C15H14Br2N2O. The average molecular weight is 398 g/mol. The first-order valence-corrected chi connectivity index (χ1v) is 7.58. The molecule has 0 saturated carbocycles. The van der Waals surface area contributed by atoms with E-state index >= 15 is 0 Å². The number of nitrogens with two attached hydrogens (primary N) is 1. The summed E-state index contributed by atoms with van der Waals surface area (Å²) in [6.45, 7) is 1.98. The Morgan fingerprint density at radius 2 is 1.85 bits per heavy atom. The maximum atomic E-state index is 12.5. The molecule has 104 valence electrons. The van der Waals surface area contributed by atoms with Crippen LogP contribution in [0, 0.1) is 6.92 Å². The van der Waals surface area contributed by atoms with Crippen molar-refractivity contribution in [2.75, 3.05) is 17.7 Å². The van der Waals surface area contributed by atoms with Crippen molar-refractivity contribution in [2.24, 2.45) is 0 Å². The molecule has 0 spiro atoms. The van der Waals surface area contributed by atoms with Crippen LogP contribution in [0.25, 0.3) is 0 Å². The largest absolute Gasteiger partial charge is 0.397 e. The average Bonchev–Trinajstić information content (AvgIpc) is 2.40. The molecule has 0 atom stereocenters. The van der Waals surface area contributed by atoms with Gasteiger partial charge in [-0.15, -0.1) is 0 Å². The third kappa shape index (κ3) is 3.04. The van der Waals surface area contributed by atoms with Crippen LogP contribution in [-0.2, 0) is 0 Å². The third-order valence-corrected chi connectivity index (χ3v) is 4.42. The number of benzene rings is 2. The van der Waals surface area contributed by atoms with E-state index in [0.717, 1.165) is 14.5 Å². The zero-order valence-corrected chi connectivity index (χ0v) is 14.3. The van der Waals surface area contributed by atoms with Crippen molar-refractivity contribution in [3.63, 3.8) is 0 Å². The molecule has 0 fully saturated rings. The molecular weight excluding hydrogens is 384 g/mol. The van der Waals surface area contributed by atoms with Gasteiger partial charge in [0.2, 0.25) is 0 Å². The van der Waals surface area contributed by atoms with Gasteiger partial charge in [0.05, 0.1) is 11.4 Å². The van der Waals surface area contributed by atoms with Crippen LogP contribution >= 0.6 is 31.9 Å². The number of halogens is 2. The topological polar surface area (TPSA) is 46.3 Å². The summed E-state index contributed by atoms with van der Waals surface area (Å²) in [7, 11) is 1.72. The predicted octanol–water partition coefficient (Wildman–Crippen LogP) is 4.38. The summed E-state index contributed by atoms with van der Waals surface area (Å²) in [5.41, 5.74) is 8.91. The molecule has 0 aliphatic heterocycles. The lowest BCUT2D eigenvalue weighted by molar-refractivity contribution is 0.0993. The zero-order chi connectivity index (χ0) is 14.9. The maximum Gasteiger partial charge on any atom is 0.258 e. The monoisotopic (exact) mass is 396 g/mol. The second-order valence-corrected chi connectivity index (χ2v) is 6.30. The summed E-state index contributed by atoms with van der Waals surface area (Å²) in [6, 6.07) is 11.0. The Bertz CT molecular complexity index is 671. The van der Waals surface area contributed by atoms with Gasteiger partial charge in [0.15, 0.2) is 0 Å². The summed E-state index contributed by atoms with van der Waals surface area (Å²) in [5.74, 6) is -0.0975. The molecule has 3 nitrogen and oxygen atoms in total. The molecule has 0 saturated heterocycles. The number of anilines is 2. The van der Waals surface area contributed by atoms with Gasteiger partial charge in [-0.1, -0.05) is 37.9 Å². The summed E-state index contributed by atoms with van der Waals surface area (Å²) in [6.07, 6.45) is 0. The van der Waals surface area contributed by atoms with Crippen LogP contribution in [0.4, 0.5) is 11.4 Å². The Labute approximate surface area is 135 Å². The fourth-order valence-corrected chi connectivity index (χ4v) is 2.62. The Kier molecular flexibility index (Phi) is 4.50. The van der Waals surface area contributed by atoms with Crippen LogP contribution < -0.4 is 10.6 Å². The smallest absolute Gasteiger partial charge is 0.258 e. The first-order chi connectivity index (χ1) is 9.40. The van der Waals surface area contributed by atoms with E-state index in [-0.39, 0.29) is 5.91 Å². The van der Waals surface area contributed by atoms with Crippen LogP contribution in [-0.4, -0.2) is 13.0 Å². The lowest BCUT2D eigenvalue weighted by atomic mass is 10.1. The first kappa shape index (κ1) is 15.1. The maximum absolute atomic E-state index is 12.5. The van der Waals surface area contributed by atoms with Crippen molar-refractivity contribution in [3.05, 3.63) is 56.5 Å². The van der Waals surface area contributed by atoms with Crippen molar-refractivity contribution in [1.29, 1.82) is 0 Å². The number of amides is 1. The minimum absolute atomic E-state index is 0.0975. The molecule has 20 heavy (non-hydrogen) atoms.